The Morgan fingerprint density at radius 3 is 2.47 bits per heavy atom. The molecule has 2 aromatic heterocycles. The molecule has 3 amide bonds. The quantitative estimate of drug-likeness (QED) is 0.112. The number of hydrogen-bond acceptors (Lipinski definition) is 9. The van der Waals surface area contributed by atoms with Crippen molar-refractivity contribution in [3.8, 4) is 11.1 Å². The highest BCUT2D eigenvalue weighted by molar-refractivity contribution is 7.90. The number of hydrogen-bond donors (Lipinski definition) is 3. The molecular weight excluding hydrogens is 850 g/mol. The Kier molecular flexibility index (Phi) is 10.8. The first kappa shape index (κ1) is 41.9. The molecule has 7 heterocycles. The molecule has 4 fully saturated rings. The zero-order valence-electron chi connectivity index (χ0n) is 34.7. The van der Waals surface area contributed by atoms with Crippen LogP contribution in [-0.4, -0.2) is 114 Å². The van der Waals surface area contributed by atoms with Crippen molar-refractivity contribution in [1.29, 1.82) is 0 Å². The van der Waals surface area contributed by atoms with Gasteiger partial charge in [0, 0.05) is 91.9 Å². The molecule has 3 N–H and O–H groups in total. The SMILES string of the molecule is O=C1CCC(N2Cc3cc(C4CCCN(CC5CCN5c5ccc(-c6cnc7[nH]cc(C(=O)c8c(F)ccc(NS(=O)(=O)N9CC[C@@H](F)C9)c8F)c7c6)cc5)C4)ccc3C2=O)C(=O)N1. The average molecular weight is 895 g/mol. The summed E-state index contributed by atoms with van der Waals surface area (Å²) in [5, 5.41) is 2.69. The van der Waals surface area contributed by atoms with Crippen LogP contribution in [0.1, 0.15) is 81.8 Å². The topological polar surface area (TPSA) is 168 Å². The fourth-order valence-electron chi connectivity index (χ4n) is 9.89. The van der Waals surface area contributed by atoms with Crippen molar-refractivity contribution >= 4 is 56.1 Å². The number of carbonyl (C=O) groups excluding carboxylic acids is 4. The van der Waals surface area contributed by atoms with Crippen molar-refractivity contribution < 1.29 is 40.8 Å². The van der Waals surface area contributed by atoms with E-state index in [1.165, 1.54) is 11.8 Å². The number of fused-ring (bicyclic) bond motifs is 2. The van der Waals surface area contributed by atoms with Gasteiger partial charge in [-0.1, -0.05) is 24.3 Å². The summed E-state index contributed by atoms with van der Waals surface area (Å²) < 4.78 is 73.2. The normalized spacial score (nSPS) is 23.1. The number of imide groups is 1. The van der Waals surface area contributed by atoms with Crippen LogP contribution in [0, 0.1) is 11.6 Å². The number of pyridine rings is 1. The van der Waals surface area contributed by atoms with E-state index in [1.807, 2.05) is 41.1 Å². The first-order chi connectivity index (χ1) is 30.8. The maximum atomic E-state index is 15.8. The lowest BCUT2D eigenvalue weighted by Gasteiger charge is -2.46. The molecular formula is C46H45F3N8O6S. The number of rotatable bonds is 11. The van der Waals surface area contributed by atoms with Gasteiger partial charge >= 0.3 is 10.2 Å². The van der Waals surface area contributed by atoms with Gasteiger partial charge in [-0.15, -0.1) is 0 Å². The summed E-state index contributed by atoms with van der Waals surface area (Å²) in [5.74, 6) is -4.14. The van der Waals surface area contributed by atoms with E-state index >= 15 is 8.78 Å². The van der Waals surface area contributed by atoms with E-state index in [0.717, 1.165) is 78.7 Å². The molecule has 5 aliphatic heterocycles. The van der Waals surface area contributed by atoms with Gasteiger partial charge in [-0.3, -0.25) is 29.2 Å². The molecule has 0 radical (unpaired) electrons. The van der Waals surface area contributed by atoms with Crippen molar-refractivity contribution in [2.45, 2.75) is 69.2 Å². The summed E-state index contributed by atoms with van der Waals surface area (Å²) in [5.41, 5.74) is 3.99. The van der Waals surface area contributed by atoms with Crippen LogP contribution < -0.4 is 14.9 Å². The molecule has 64 heavy (non-hydrogen) atoms. The minimum Gasteiger partial charge on any atom is -0.367 e. The van der Waals surface area contributed by atoms with Gasteiger partial charge in [-0.2, -0.15) is 12.7 Å². The summed E-state index contributed by atoms with van der Waals surface area (Å²) in [6.45, 7) is 3.59. The summed E-state index contributed by atoms with van der Waals surface area (Å²) in [6, 6.07) is 17.2. The van der Waals surface area contributed by atoms with Crippen LogP contribution in [0.2, 0.25) is 0 Å². The number of benzene rings is 3. The van der Waals surface area contributed by atoms with Crippen molar-refractivity contribution in [3.05, 3.63) is 113 Å². The van der Waals surface area contributed by atoms with Gasteiger partial charge in [0.15, 0.2) is 5.82 Å². The van der Waals surface area contributed by atoms with Crippen LogP contribution in [0.25, 0.3) is 22.2 Å². The number of nitrogens with one attached hydrogen (secondary N) is 3. The summed E-state index contributed by atoms with van der Waals surface area (Å²) in [4.78, 5) is 65.1. The monoisotopic (exact) mass is 894 g/mol. The molecule has 3 unspecified atom stereocenters. The van der Waals surface area contributed by atoms with Gasteiger partial charge in [0.05, 0.1) is 11.3 Å². The lowest BCUT2D eigenvalue weighted by molar-refractivity contribution is -0.136. The molecule has 3 aromatic carbocycles. The van der Waals surface area contributed by atoms with Crippen LogP contribution in [0.3, 0.4) is 0 Å². The molecule has 5 aromatic rings. The van der Waals surface area contributed by atoms with Crippen LogP contribution in [-0.2, 0) is 26.3 Å². The first-order valence-corrected chi connectivity index (χ1v) is 23.0. The number of carbonyl (C=O) groups is 4. The third kappa shape index (κ3) is 7.70. The lowest BCUT2D eigenvalue weighted by atomic mass is 9.88. The number of amides is 3. The second-order valence-corrected chi connectivity index (χ2v) is 19.1. The zero-order valence-corrected chi connectivity index (χ0v) is 35.5. The Bertz CT molecular complexity index is 2840. The number of alkyl halides is 1. The van der Waals surface area contributed by atoms with Gasteiger partial charge in [0.1, 0.15) is 23.7 Å². The lowest BCUT2D eigenvalue weighted by Crippen LogP contribution is -2.54. The third-order valence-corrected chi connectivity index (χ3v) is 14.9. The summed E-state index contributed by atoms with van der Waals surface area (Å²) in [7, 11) is -4.36. The Morgan fingerprint density at radius 1 is 0.891 bits per heavy atom. The largest absolute Gasteiger partial charge is 0.367 e. The summed E-state index contributed by atoms with van der Waals surface area (Å²) in [6.07, 6.45) is 5.31. The number of nitrogens with zero attached hydrogens (tertiary/aromatic N) is 5. The standard InChI is InChI=1S/C46H45F3N8O6S/c47-31-13-16-55(24-31)64(62,63)53-38-10-9-37(48)41(42(38)49)43(59)36-21-51-44-35(36)19-29(20-50-44)26-3-6-32(7-4-26)56-17-14-33(56)25-54-15-1-2-28(22-54)27-5-8-34-30(18-27)23-57(46(34)61)39-11-12-40(58)52-45(39)60/h3-10,18-21,28,31,33,39,53H,1-2,11-17,22-25H2,(H,50,51)(H,52,58,60)/t28?,31-,33?,39?/m1/s1. The van der Waals surface area contributed by atoms with E-state index < -0.39 is 57.0 Å². The molecule has 0 aliphatic carbocycles. The molecule has 0 spiro atoms. The van der Waals surface area contributed by atoms with Crippen molar-refractivity contribution in [1.82, 2.24) is 29.4 Å². The minimum absolute atomic E-state index is 0.000718. The number of anilines is 2. The fourth-order valence-corrected chi connectivity index (χ4v) is 11.2. The van der Waals surface area contributed by atoms with Gasteiger partial charge in [-0.05, 0) is 97.7 Å². The molecule has 10 rings (SSSR count). The number of aromatic amines is 1. The van der Waals surface area contributed by atoms with E-state index in [1.54, 1.807) is 17.2 Å². The smallest absolute Gasteiger partial charge is 0.301 e. The Hall–Kier alpha value is -6.11. The molecule has 4 atom stereocenters. The number of halogens is 3. The second kappa shape index (κ2) is 16.5. The van der Waals surface area contributed by atoms with E-state index in [9.17, 15) is 32.0 Å². The predicted molar refractivity (Wildman–Crippen MR) is 232 cm³/mol. The molecule has 14 nitrogen and oxygen atoms in total. The minimum atomic E-state index is -4.36. The molecule has 0 saturated carbocycles. The van der Waals surface area contributed by atoms with E-state index in [4.69, 9.17) is 0 Å². The van der Waals surface area contributed by atoms with Gasteiger partial charge in [0.2, 0.25) is 17.6 Å². The number of H-pyrrole nitrogens is 1. The van der Waals surface area contributed by atoms with Crippen molar-refractivity contribution in [2.75, 3.05) is 48.9 Å². The number of piperidine rings is 2. The molecule has 0 bridgehead atoms. The van der Waals surface area contributed by atoms with Gasteiger partial charge < -0.3 is 19.7 Å². The van der Waals surface area contributed by atoms with Crippen LogP contribution in [0.5, 0.6) is 0 Å². The van der Waals surface area contributed by atoms with E-state index in [0.29, 0.717) is 47.1 Å². The van der Waals surface area contributed by atoms with Crippen molar-refractivity contribution in [2.24, 2.45) is 0 Å². The van der Waals surface area contributed by atoms with Gasteiger partial charge in [0.25, 0.3) is 5.91 Å². The third-order valence-electron chi connectivity index (χ3n) is 13.4. The Labute approximate surface area is 367 Å². The van der Waals surface area contributed by atoms with E-state index in [2.05, 4.69) is 31.2 Å². The first-order valence-electron chi connectivity index (χ1n) is 21.6. The number of aromatic nitrogens is 2. The average Bonchev–Trinajstić information content (AvgIpc) is 4.00. The highest BCUT2D eigenvalue weighted by atomic mass is 32.2. The molecule has 18 heteroatoms. The molecule has 4 saturated heterocycles. The highest BCUT2D eigenvalue weighted by Crippen LogP contribution is 2.36. The van der Waals surface area contributed by atoms with Crippen LogP contribution >= 0.6 is 0 Å². The zero-order chi connectivity index (χ0) is 44.4. The van der Waals surface area contributed by atoms with Gasteiger partial charge in [-0.25, -0.2) is 18.2 Å². The fraction of sp³-hybridized carbons (Fsp3) is 0.370. The molecule has 5 aliphatic rings. The van der Waals surface area contributed by atoms with Crippen LogP contribution in [0.15, 0.2) is 73.1 Å². The maximum Gasteiger partial charge on any atom is 0.301 e. The maximum absolute atomic E-state index is 15.8. The number of ketones is 1. The predicted octanol–water partition coefficient (Wildman–Crippen LogP) is 5.66. The van der Waals surface area contributed by atoms with Crippen LogP contribution in [0.4, 0.5) is 24.5 Å². The molecule has 332 valence electrons. The second-order valence-electron chi connectivity index (χ2n) is 17.4. The van der Waals surface area contributed by atoms with E-state index in [-0.39, 0.29) is 43.3 Å². The van der Waals surface area contributed by atoms with Crippen molar-refractivity contribution in [3.63, 3.8) is 0 Å². The Balaban J connectivity index is 0.795. The Morgan fingerprint density at radius 2 is 1.72 bits per heavy atom. The highest BCUT2D eigenvalue weighted by Gasteiger charge is 2.40. The number of likely N-dealkylation sites (tertiary alicyclic amines) is 1. The summed E-state index contributed by atoms with van der Waals surface area (Å²) >= 11 is 0.